The van der Waals surface area contributed by atoms with E-state index in [1.165, 1.54) is 36.5 Å². The molecule has 1 fully saturated rings. The van der Waals surface area contributed by atoms with Crippen LogP contribution in [0.25, 0.3) is 0 Å². The monoisotopic (exact) mass is 283 g/mol. The number of rotatable bonds is 5. The Bertz CT molecular complexity index is 604. The predicted molar refractivity (Wildman–Crippen MR) is 84.9 cm³/mol. The molecule has 2 aromatic rings. The van der Waals surface area contributed by atoms with Gasteiger partial charge in [0, 0.05) is 6.04 Å². The van der Waals surface area contributed by atoms with Crippen molar-refractivity contribution in [3.63, 3.8) is 0 Å². The Hall–Kier alpha value is -1.67. The minimum atomic E-state index is -0.162. The molecule has 2 heteroatoms. The van der Waals surface area contributed by atoms with Crippen molar-refractivity contribution < 1.29 is 4.39 Å². The number of likely N-dealkylation sites (N-methyl/N-ethyl adjacent to an activating group) is 1. The highest BCUT2D eigenvalue weighted by Gasteiger charge is 2.20. The molecule has 0 saturated heterocycles. The van der Waals surface area contributed by atoms with Crippen molar-refractivity contribution in [2.75, 3.05) is 7.05 Å². The molecule has 1 aliphatic rings. The third-order valence-electron chi connectivity index (χ3n) is 4.57. The highest BCUT2D eigenvalue weighted by atomic mass is 19.1. The molecule has 1 atom stereocenters. The van der Waals surface area contributed by atoms with Gasteiger partial charge in [-0.3, -0.25) is 0 Å². The molecule has 21 heavy (non-hydrogen) atoms. The SMILES string of the molecule is CNC(Cc1cccc(F)c1)c1cccc(C2CCC2)c1. The van der Waals surface area contributed by atoms with Crippen LogP contribution in [0.1, 0.15) is 47.9 Å². The fourth-order valence-electron chi connectivity index (χ4n) is 3.06. The fraction of sp³-hybridized carbons (Fsp3) is 0.368. The van der Waals surface area contributed by atoms with E-state index < -0.39 is 0 Å². The summed E-state index contributed by atoms with van der Waals surface area (Å²) >= 11 is 0. The van der Waals surface area contributed by atoms with E-state index in [1.54, 1.807) is 12.1 Å². The second kappa shape index (κ2) is 6.40. The second-order valence-electron chi connectivity index (χ2n) is 5.97. The van der Waals surface area contributed by atoms with Gasteiger partial charge >= 0.3 is 0 Å². The largest absolute Gasteiger partial charge is 0.313 e. The van der Waals surface area contributed by atoms with Crippen molar-refractivity contribution in [2.45, 2.75) is 37.6 Å². The molecule has 0 radical (unpaired) electrons. The molecule has 3 rings (SSSR count). The Balaban J connectivity index is 1.79. The van der Waals surface area contributed by atoms with E-state index in [2.05, 4.69) is 29.6 Å². The Morgan fingerprint density at radius 2 is 1.95 bits per heavy atom. The highest BCUT2D eigenvalue weighted by molar-refractivity contribution is 5.31. The van der Waals surface area contributed by atoms with Gasteiger partial charge in [-0.1, -0.05) is 42.8 Å². The van der Waals surface area contributed by atoms with Crippen LogP contribution in [0, 0.1) is 5.82 Å². The van der Waals surface area contributed by atoms with Crippen molar-refractivity contribution in [3.05, 3.63) is 71.0 Å². The summed E-state index contributed by atoms with van der Waals surface area (Å²) in [5, 5.41) is 3.37. The average Bonchev–Trinajstić information content (AvgIpc) is 2.43. The molecular weight excluding hydrogens is 261 g/mol. The van der Waals surface area contributed by atoms with Crippen molar-refractivity contribution >= 4 is 0 Å². The van der Waals surface area contributed by atoms with Crippen LogP contribution in [0.2, 0.25) is 0 Å². The van der Waals surface area contributed by atoms with E-state index in [4.69, 9.17) is 0 Å². The van der Waals surface area contributed by atoms with E-state index in [0.29, 0.717) is 0 Å². The summed E-state index contributed by atoms with van der Waals surface area (Å²) in [6.07, 6.45) is 4.80. The van der Waals surface area contributed by atoms with Gasteiger partial charge in [-0.05, 0) is 61.1 Å². The average molecular weight is 283 g/mol. The van der Waals surface area contributed by atoms with E-state index in [0.717, 1.165) is 17.9 Å². The first-order valence-electron chi connectivity index (χ1n) is 7.78. The van der Waals surface area contributed by atoms with Crippen LogP contribution in [0.5, 0.6) is 0 Å². The number of halogens is 1. The lowest BCUT2D eigenvalue weighted by atomic mass is 9.79. The van der Waals surface area contributed by atoms with Gasteiger partial charge in [-0.15, -0.1) is 0 Å². The predicted octanol–water partition coefficient (Wildman–Crippen LogP) is 4.60. The minimum absolute atomic E-state index is 0.162. The molecule has 0 spiro atoms. The van der Waals surface area contributed by atoms with Crippen LogP contribution in [0.15, 0.2) is 48.5 Å². The van der Waals surface area contributed by atoms with Crippen LogP contribution in [0.4, 0.5) is 4.39 Å². The molecule has 1 aliphatic carbocycles. The summed E-state index contributed by atoms with van der Waals surface area (Å²) in [7, 11) is 1.97. The maximum Gasteiger partial charge on any atom is 0.123 e. The summed E-state index contributed by atoms with van der Waals surface area (Å²) in [6, 6.07) is 16.0. The van der Waals surface area contributed by atoms with Crippen LogP contribution in [0.3, 0.4) is 0 Å². The zero-order chi connectivity index (χ0) is 14.7. The molecule has 110 valence electrons. The van der Waals surface area contributed by atoms with Gasteiger partial charge < -0.3 is 5.32 Å². The first-order chi connectivity index (χ1) is 10.3. The number of hydrogen-bond donors (Lipinski definition) is 1. The number of hydrogen-bond acceptors (Lipinski definition) is 1. The van der Waals surface area contributed by atoms with Gasteiger partial charge in [0.05, 0.1) is 0 Å². The van der Waals surface area contributed by atoms with E-state index in [1.807, 2.05) is 13.1 Å². The molecule has 0 aromatic heterocycles. The Kier molecular flexibility index (Phi) is 4.35. The van der Waals surface area contributed by atoms with Crippen LogP contribution in [-0.2, 0) is 6.42 Å². The van der Waals surface area contributed by atoms with E-state index >= 15 is 0 Å². The van der Waals surface area contributed by atoms with Gasteiger partial charge in [0.2, 0.25) is 0 Å². The molecule has 0 heterocycles. The molecule has 0 amide bonds. The molecule has 0 aliphatic heterocycles. The maximum atomic E-state index is 13.3. The molecule has 0 bridgehead atoms. The maximum absolute atomic E-state index is 13.3. The Labute approximate surface area is 126 Å². The topological polar surface area (TPSA) is 12.0 Å². The van der Waals surface area contributed by atoms with Gasteiger partial charge in [-0.25, -0.2) is 4.39 Å². The lowest BCUT2D eigenvalue weighted by Crippen LogP contribution is -2.19. The summed E-state index contributed by atoms with van der Waals surface area (Å²) in [4.78, 5) is 0. The Morgan fingerprint density at radius 3 is 2.62 bits per heavy atom. The first kappa shape index (κ1) is 14.3. The third-order valence-corrected chi connectivity index (χ3v) is 4.57. The van der Waals surface area contributed by atoms with Crippen LogP contribution >= 0.6 is 0 Å². The molecule has 1 unspecified atom stereocenters. The lowest BCUT2D eigenvalue weighted by Gasteiger charge is -2.27. The number of nitrogens with one attached hydrogen (secondary N) is 1. The molecule has 1 N–H and O–H groups in total. The van der Waals surface area contributed by atoms with Crippen LogP contribution in [-0.4, -0.2) is 7.05 Å². The summed E-state index contributed by atoms with van der Waals surface area (Å²) in [6.45, 7) is 0. The standard InChI is InChI=1S/C19H22FN/c1-21-19(12-14-5-2-10-18(20)11-14)17-9-4-8-16(13-17)15-6-3-7-15/h2,4-5,8-11,13,15,19,21H,3,6-7,12H2,1H3. The highest BCUT2D eigenvalue weighted by Crippen LogP contribution is 2.37. The van der Waals surface area contributed by atoms with Gasteiger partial charge in [0.1, 0.15) is 5.82 Å². The van der Waals surface area contributed by atoms with Gasteiger partial charge in [0.25, 0.3) is 0 Å². The summed E-state index contributed by atoms with van der Waals surface area (Å²) < 4.78 is 13.3. The van der Waals surface area contributed by atoms with Gasteiger partial charge in [-0.2, -0.15) is 0 Å². The van der Waals surface area contributed by atoms with Gasteiger partial charge in [0.15, 0.2) is 0 Å². The Morgan fingerprint density at radius 1 is 1.14 bits per heavy atom. The van der Waals surface area contributed by atoms with Crippen molar-refractivity contribution in [1.29, 1.82) is 0 Å². The van der Waals surface area contributed by atoms with Crippen LogP contribution < -0.4 is 5.32 Å². The molecule has 2 aromatic carbocycles. The van der Waals surface area contributed by atoms with E-state index in [-0.39, 0.29) is 11.9 Å². The lowest BCUT2D eigenvalue weighted by molar-refractivity contribution is 0.419. The molecular formula is C19H22FN. The molecule has 1 saturated carbocycles. The summed E-state index contributed by atoms with van der Waals surface area (Å²) in [5.41, 5.74) is 3.79. The van der Waals surface area contributed by atoms with Crippen molar-refractivity contribution in [2.24, 2.45) is 0 Å². The van der Waals surface area contributed by atoms with E-state index in [9.17, 15) is 4.39 Å². The summed E-state index contributed by atoms with van der Waals surface area (Å²) in [5.74, 6) is 0.585. The fourth-order valence-corrected chi connectivity index (χ4v) is 3.06. The van der Waals surface area contributed by atoms with Crippen molar-refractivity contribution in [1.82, 2.24) is 5.32 Å². The third kappa shape index (κ3) is 3.33. The molecule has 1 nitrogen and oxygen atoms in total. The van der Waals surface area contributed by atoms with Crippen molar-refractivity contribution in [3.8, 4) is 0 Å². The normalized spacial score (nSPS) is 16.5. The first-order valence-corrected chi connectivity index (χ1v) is 7.78. The quantitative estimate of drug-likeness (QED) is 0.846. The number of benzene rings is 2. The zero-order valence-corrected chi connectivity index (χ0v) is 12.5. The minimum Gasteiger partial charge on any atom is -0.313 e. The smallest absolute Gasteiger partial charge is 0.123 e. The zero-order valence-electron chi connectivity index (χ0n) is 12.5. The second-order valence-corrected chi connectivity index (χ2v) is 5.97.